The molecule has 0 spiro atoms. The third-order valence-corrected chi connectivity index (χ3v) is 2.84. The largest absolute Gasteiger partial charge is 0.374 e. The molecule has 0 aliphatic carbocycles. The second-order valence-corrected chi connectivity index (χ2v) is 4.36. The SMILES string of the molecule is CNC(=O)CCCNCC1(C)CCCO1. The molecule has 4 nitrogen and oxygen atoms in total. The van der Waals surface area contributed by atoms with E-state index in [4.69, 9.17) is 4.74 Å². The summed E-state index contributed by atoms with van der Waals surface area (Å²) in [7, 11) is 1.67. The summed E-state index contributed by atoms with van der Waals surface area (Å²) in [6, 6.07) is 0. The molecule has 1 unspecified atom stereocenters. The zero-order valence-electron chi connectivity index (χ0n) is 9.77. The van der Waals surface area contributed by atoms with Crippen LogP contribution in [0.4, 0.5) is 0 Å². The molecule has 0 aromatic rings. The molecule has 1 atom stereocenters. The number of carbonyl (C=O) groups excluding carboxylic acids is 1. The number of carbonyl (C=O) groups is 1. The molecule has 1 amide bonds. The van der Waals surface area contributed by atoms with Crippen LogP contribution < -0.4 is 10.6 Å². The molecule has 1 saturated heterocycles. The second-order valence-electron chi connectivity index (χ2n) is 4.36. The van der Waals surface area contributed by atoms with Gasteiger partial charge in [0.2, 0.25) is 5.91 Å². The number of amides is 1. The molecule has 88 valence electrons. The number of rotatable bonds is 6. The topological polar surface area (TPSA) is 50.4 Å². The van der Waals surface area contributed by atoms with Gasteiger partial charge >= 0.3 is 0 Å². The van der Waals surface area contributed by atoms with Crippen LogP contribution in [0, 0.1) is 0 Å². The minimum atomic E-state index is 0.0208. The average molecular weight is 214 g/mol. The molecule has 1 aliphatic rings. The van der Waals surface area contributed by atoms with E-state index in [1.54, 1.807) is 7.05 Å². The smallest absolute Gasteiger partial charge is 0.219 e. The maximum atomic E-state index is 10.9. The van der Waals surface area contributed by atoms with E-state index in [1.807, 2.05) is 0 Å². The summed E-state index contributed by atoms with van der Waals surface area (Å²) in [4.78, 5) is 10.9. The summed E-state index contributed by atoms with van der Waals surface area (Å²) < 4.78 is 5.65. The number of ether oxygens (including phenoxy) is 1. The van der Waals surface area contributed by atoms with Gasteiger partial charge < -0.3 is 15.4 Å². The third-order valence-electron chi connectivity index (χ3n) is 2.84. The zero-order chi connectivity index (χ0) is 11.1. The van der Waals surface area contributed by atoms with E-state index in [0.717, 1.165) is 39.0 Å². The van der Waals surface area contributed by atoms with E-state index in [1.165, 1.54) is 0 Å². The first-order valence-electron chi connectivity index (χ1n) is 5.71. The molecular formula is C11H22N2O2. The van der Waals surface area contributed by atoms with E-state index in [2.05, 4.69) is 17.6 Å². The Kier molecular flexibility index (Phi) is 5.05. The molecular weight excluding hydrogens is 192 g/mol. The molecule has 0 saturated carbocycles. The Labute approximate surface area is 91.8 Å². The van der Waals surface area contributed by atoms with Crippen molar-refractivity contribution in [2.75, 3.05) is 26.7 Å². The Hall–Kier alpha value is -0.610. The average Bonchev–Trinajstić information content (AvgIpc) is 2.64. The van der Waals surface area contributed by atoms with E-state index in [-0.39, 0.29) is 11.5 Å². The first kappa shape index (κ1) is 12.5. The van der Waals surface area contributed by atoms with Crippen LogP contribution in [0.25, 0.3) is 0 Å². The molecule has 1 heterocycles. The van der Waals surface area contributed by atoms with Gasteiger partial charge in [-0.1, -0.05) is 0 Å². The zero-order valence-corrected chi connectivity index (χ0v) is 9.77. The van der Waals surface area contributed by atoms with E-state index < -0.39 is 0 Å². The highest BCUT2D eigenvalue weighted by Crippen LogP contribution is 2.23. The van der Waals surface area contributed by atoms with Crippen LogP contribution >= 0.6 is 0 Å². The van der Waals surface area contributed by atoms with Gasteiger partial charge in [0, 0.05) is 26.6 Å². The summed E-state index contributed by atoms with van der Waals surface area (Å²) >= 11 is 0. The minimum Gasteiger partial charge on any atom is -0.374 e. The third kappa shape index (κ3) is 4.62. The quantitative estimate of drug-likeness (QED) is 0.639. The van der Waals surface area contributed by atoms with Crippen molar-refractivity contribution >= 4 is 5.91 Å². The predicted octanol–water partition coefficient (Wildman–Crippen LogP) is 0.671. The normalized spacial score (nSPS) is 25.5. The highest BCUT2D eigenvalue weighted by Gasteiger charge is 2.28. The molecule has 15 heavy (non-hydrogen) atoms. The Bertz CT molecular complexity index is 201. The number of nitrogens with one attached hydrogen (secondary N) is 2. The summed E-state index contributed by atoms with van der Waals surface area (Å²) in [5, 5.41) is 5.96. The van der Waals surface area contributed by atoms with Crippen molar-refractivity contribution in [2.45, 2.75) is 38.2 Å². The first-order valence-corrected chi connectivity index (χ1v) is 5.71. The van der Waals surface area contributed by atoms with Crippen LogP contribution in [0.5, 0.6) is 0 Å². The fourth-order valence-corrected chi connectivity index (χ4v) is 1.83. The molecule has 1 fully saturated rings. The molecule has 4 heteroatoms. The Morgan fingerprint density at radius 1 is 1.53 bits per heavy atom. The second kappa shape index (κ2) is 6.08. The number of hydrogen-bond acceptors (Lipinski definition) is 3. The van der Waals surface area contributed by atoms with Crippen molar-refractivity contribution in [2.24, 2.45) is 0 Å². The fourth-order valence-electron chi connectivity index (χ4n) is 1.83. The summed E-state index contributed by atoms with van der Waals surface area (Å²) in [5.41, 5.74) is 0.0208. The van der Waals surface area contributed by atoms with Crippen molar-refractivity contribution in [1.82, 2.24) is 10.6 Å². The molecule has 0 bridgehead atoms. The van der Waals surface area contributed by atoms with Gasteiger partial charge in [0.1, 0.15) is 0 Å². The fraction of sp³-hybridized carbons (Fsp3) is 0.909. The van der Waals surface area contributed by atoms with Gasteiger partial charge in [0.15, 0.2) is 0 Å². The van der Waals surface area contributed by atoms with Crippen molar-refractivity contribution in [3.63, 3.8) is 0 Å². The molecule has 0 radical (unpaired) electrons. The van der Waals surface area contributed by atoms with Crippen molar-refractivity contribution < 1.29 is 9.53 Å². The van der Waals surface area contributed by atoms with Gasteiger partial charge in [-0.05, 0) is 32.7 Å². The van der Waals surface area contributed by atoms with Gasteiger partial charge in [0.25, 0.3) is 0 Å². The van der Waals surface area contributed by atoms with Crippen LogP contribution in [-0.4, -0.2) is 38.3 Å². The van der Waals surface area contributed by atoms with E-state index >= 15 is 0 Å². The Morgan fingerprint density at radius 3 is 2.93 bits per heavy atom. The van der Waals surface area contributed by atoms with Gasteiger partial charge in [-0.2, -0.15) is 0 Å². The molecule has 1 aliphatic heterocycles. The summed E-state index contributed by atoms with van der Waals surface area (Å²) in [6.45, 7) is 4.80. The first-order chi connectivity index (χ1) is 7.16. The van der Waals surface area contributed by atoms with Crippen LogP contribution in [0.3, 0.4) is 0 Å². The lowest BCUT2D eigenvalue weighted by Crippen LogP contribution is -2.37. The molecule has 0 aromatic heterocycles. The minimum absolute atomic E-state index is 0.0208. The predicted molar refractivity (Wildman–Crippen MR) is 59.8 cm³/mol. The van der Waals surface area contributed by atoms with Crippen molar-refractivity contribution in [1.29, 1.82) is 0 Å². The highest BCUT2D eigenvalue weighted by atomic mass is 16.5. The molecule has 1 rings (SSSR count). The standard InChI is InChI=1S/C11H22N2O2/c1-11(6-4-8-15-11)9-13-7-3-5-10(14)12-2/h13H,3-9H2,1-2H3,(H,12,14). The maximum Gasteiger partial charge on any atom is 0.219 e. The van der Waals surface area contributed by atoms with Gasteiger partial charge in [-0.25, -0.2) is 0 Å². The van der Waals surface area contributed by atoms with Crippen LogP contribution in [0.15, 0.2) is 0 Å². The van der Waals surface area contributed by atoms with Crippen LogP contribution in [0.2, 0.25) is 0 Å². The van der Waals surface area contributed by atoms with Crippen molar-refractivity contribution in [3.05, 3.63) is 0 Å². The molecule has 0 aromatic carbocycles. The van der Waals surface area contributed by atoms with E-state index in [9.17, 15) is 4.79 Å². The van der Waals surface area contributed by atoms with Gasteiger partial charge in [-0.3, -0.25) is 4.79 Å². The van der Waals surface area contributed by atoms with E-state index in [0.29, 0.717) is 6.42 Å². The van der Waals surface area contributed by atoms with Gasteiger partial charge in [-0.15, -0.1) is 0 Å². The molecule has 2 N–H and O–H groups in total. The van der Waals surface area contributed by atoms with Crippen LogP contribution in [-0.2, 0) is 9.53 Å². The van der Waals surface area contributed by atoms with Crippen molar-refractivity contribution in [3.8, 4) is 0 Å². The lowest BCUT2D eigenvalue weighted by atomic mass is 10.0. The Morgan fingerprint density at radius 2 is 2.33 bits per heavy atom. The Balaban J connectivity index is 1.99. The van der Waals surface area contributed by atoms with Crippen LogP contribution in [0.1, 0.15) is 32.6 Å². The van der Waals surface area contributed by atoms with Gasteiger partial charge in [0.05, 0.1) is 5.60 Å². The monoisotopic (exact) mass is 214 g/mol. The highest BCUT2D eigenvalue weighted by molar-refractivity contribution is 5.75. The summed E-state index contributed by atoms with van der Waals surface area (Å²) in [6.07, 6.45) is 3.78. The lowest BCUT2D eigenvalue weighted by Gasteiger charge is -2.23. The number of hydrogen-bond donors (Lipinski definition) is 2. The lowest BCUT2D eigenvalue weighted by molar-refractivity contribution is -0.120. The summed E-state index contributed by atoms with van der Waals surface area (Å²) in [5.74, 6) is 0.111. The maximum absolute atomic E-state index is 10.9.